The fraction of sp³-hybridized carbons (Fsp3) is 0.500. The van der Waals surface area contributed by atoms with Crippen LogP contribution < -0.4 is 21.7 Å². The molecule has 0 aliphatic rings. The minimum Gasteiger partial charge on any atom is -0.481 e. The summed E-state index contributed by atoms with van der Waals surface area (Å²) in [5.41, 5.74) is 6.74. The first-order valence-corrected chi connectivity index (χ1v) is 10.6. The Morgan fingerprint density at radius 3 is 2.12 bits per heavy atom. The van der Waals surface area contributed by atoms with Crippen molar-refractivity contribution < 1.29 is 34.2 Å². The number of hydrogen-bond donors (Lipinski definition) is 6. The molecule has 11 heteroatoms. The second-order valence-corrected chi connectivity index (χ2v) is 8.08. The Kier molecular flexibility index (Phi) is 11.6. The highest BCUT2D eigenvalue weighted by molar-refractivity contribution is 5.92. The number of carbonyl (C=O) groups excluding carboxylic acids is 3. The molecule has 0 bridgehead atoms. The van der Waals surface area contributed by atoms with Crippen molar-refractivity contribution in [3.05, 3.63) is 35.9 Å². The van der Waals surface area contributed by atoms with Gasteiger partial charge in [-0.15, -0.1) is 0 Å². The fourth-order valence-electron chi connectivity index (χ4n) is 2.97. The van der Waals surface area contributed by atoms with Gasteiger partial charge in [-0.05, 0) is 24.3 Å². The smallest absolute Gasteiger partial charge is 0.326 e. The molecule has 1 aromatic carbocycles. The summed E-state index contributed by atoms with van der Waals surface area (Å²) in [6, 6.07) is 5.35. The first-order valence-electron chi connectivity index (χ1n) is 10.6. The van der Waals surface area contributed by atoms with Crippen LogP contribution in [0.2, 0.25) is 0 Å². The maximum absolute atomic E-state index is 12.6. The van der Waals surface area contributed by atoms with Gasteiger partial charge in [-0.3, -0.25) is 19.2 Å². The molecule has 3 amide bonds. The van der Waals surface area contributed by atoms with Gasteiger partial charge in [0, 0.05) is 13.0 Å². The SMILES string of the molecule is CC(C)C[C@H](N)C(=O)NC[C@H](NC(=O)CCc1ccccc1)C(=O)N[C@@H](CC(=O)O)C(=O)O. The van der Waals surface area contributed by atoms with Gasteiger partial charge in [-0.25, -0.2) is 4.79 Å². The zero-order chi connectivity index (χ0) is 25.0. The standard InChI is InChI=1S/C22H32N4O7/c1-13(2)10-15(23)20(30)24-12-17(21(31)26-16(22(32)33)11-19(28)29)25-18(27)9-8-14-6-4-3-5-7-14/h3-7,13,15-17H,8-12,23H2,1-2H3,(H,24,30)(H,25,27)(H,26,31)(H,28,29)(H,32,33)/t15-,16-,17-/m0/s1. The second kappa shape index (κ2) is 13.8. The third-order valence-electron chi connectivity index (χ3n) is 4.67. The largest absolute Gasteiger partial charge is 0.481 e. The second-order valence-electron chi connectivity index (χ2n) is 8.08. The highest BCUT2D eigenvalue weighted by Gasteiger charge is 2.29. The number of benzene rings is 1. The van der Waals surface area contributed by atoms with E-state index in [0.29, 0.717) is 12.8 Å². The van der Waals surface area contributed by atoms with Crippen LogP contribution in [0.3, 0.4) is 0 Å². The van der Waals surface area contributed by atoms with Crippen LogP contribution in [0.25, 0.3) is 0 Å². The molecule has 1 aromatic rings. The van der Waals surface area contributed by atoms with E-state index in [0.717, 1.165) is 5.56 Å². The van der Waals surface area contributed by atoms with Gasteiger partial charge in [0.15, 0.2) is 0 Å². The van der Waals surface area contributed by atoms with Crippen molar-refractivity contribution in [1.29, 1.82) is 0 Å². The lowest BCUT2D eigenvalue weighted by atomic mass is 10.0. The Balaban J connectivity index is 2.83. The van der Waals surface area contributed by atoms with Gasteiger partial charge < -0.3 is 31.9 Å². The van der Waals surface area contributed by atoms with Crippen LogP contribution in [0.5, 0.6) is 0 Å². The fourth-order valence-corrected chi connectivity index (χ4v) is 2.97. The zero-order valence-electron chi connectivity index (χ0n) is 18.7. The molecule has 0 aromatic heterocycles. The lowest BCUT2D eigenvalue weighted by molar-refractivity contribution is -0.147. The highest BCUT2D eigenvalue weighted by atomic mass is 16.4. The van der Waals surface area contributed by atoms with Gasteiger partial charge in [-0.1, -0.05) is 44.2 Å². The van der Waals surface area contributed by atoms with Crippen molar-refractivity contribution in [2.75, 3.05) is 6.54 Å². The summed E-state index contributed by atoms with van der Waals surface area (Å²) in [5.74, 6) is -4.75. The highest BCUT2D eigenvalue weighted by Crippen LogP contribution is 2.04. The average molecular weight is 465 g/mol. The number of aliphatic carboxylic acids is 2. The summed E-state index contributed by atoms with van der Waals surface area (Å²) >= 11 is 0. The predicted octanol–water partition coefficient (Wildman–Crippen LogP) is -0.362. The van der Waals surface area contributed by atoms with Crippen LogP contribution >= 0.6 is 0 Å². The molecule has 0 fully saturated rings. The van der Waals surface area contributed by atoms with Gasteiger partial charge in [0.25, 0.3) is 0 Å². The molecule has 0 heterocycles. The molecule has 0 spiro atoms. The zero-order valence-corrected chi connectivity index (χ0v) is 18.7. The van der Waals surface area contributed by atoms with Gasteiger partial charge in [0.1, 0.15) is 12.1 Å². The minimum absolute atomic E-state index is 0.0477. The molecule has 0 aliphatic heterocycles. The summed E-state index contributed by atoms with van der Waals surface area (Å²) in [4.78, 5) is 59.5. The van der Waals surface area contributed by atoms with Crippen molar-refractivity contribution in [3.63, 3.8) is 0 Å². The van der Waals surface area contributed by atoms with Gasteiger partial charge in [0.05, 0.1) is 12.5 Å². The summed E-state index contributed by atoms with van der Waals surface area (Å²) in [5, 5.41) is 25.1. The lowest BCUT2D eigenvalue weighted by Crippen LogP contribution is -2.57. The average Bonchev–Trinajstić information content (AvgIpc) is 2.74. The Morgan fingerprint density at radius 2 is 1.58 bits per heavy atom. The maximum Gasteiger partial charge on any atom is 0.326 e. The Hall–Kier alpha value is -3.47. The molecule has 0 unspecified atom stereocenters. The number of amides is 3. The summed E-state index contributed by atoms with van der Waals surface area (Å²) in [7, 11) is 0. The third-order valence-corrected chi connectivity index (χ3v) is 4.67. The van der Waals surface area contributed by atoms with Crippen LogP contribution in [0.15, 0.2) is 30.3 Å². The molecule has 11 nitrogen and oxygen atoms in total. The number of aryl methyl sites for hydroxylation is 1. The van der Waals surface area contributed by atoms with Crippen LogP contribution in [-0.4, -0.2) is 64.5 Å². The van der Waals surface area contributed by atoms with E-state index in [1.54, 1.807) is 0 Å². The summed E-state index contributed by atoms with van der Waals surface area (Å²) in [6.07, 6.45) is 0.0166. The first-order chi connectivity index (χ1) is 15.5. The van der Waals surface area contributed by atoms with Crippen LogP contribution in [0.1, 0.15) is 38.7 Å². The van der Waals surface area contributed by atoms with Crippen molar-refractivity contribution >= 4 is 29.7 Å². The molecular formula is C22H32N4O7. The molecule has 3 atom stereocenters. The molecule has 7 N–H and O–H groups in total. The lowest BCUT2D eigenvalue weighted by Gasteiger charge is -2.22. The number of carbonyl (C=O) groups is 5. The van der Waals surface area contributed by atoms with Gasteiger partial charge in [-0.2, -0.15) is 0 Å². The van der Waals surface area contributed by atoms with Crippen LogP contribution in [0.4, 0.5) is 0 Å². The topological polar surface area (TPSA) is 188 Å². The quantitative estimate of drug-likeness (QED) is 0.215. The van der Waals surface area contributed by atoms with E-state index in [2.05, 4.69) is 16.0 Å². The van der Waals surface area contributed by atoms with Crippen LogP contribution in [-0.2, 0) is 30.4 Å². The predicted molar refractivity (Wildman–Crippen MR) is 119 cm³/mol. The van der Waals surface area contributed by atoms with E-state index < -0.39 is 54.2 Å². The van der Waals surface area contributed by atoms with Crippen molar-refractivity contribution in [1.82, 2.24) is 16.0 Å². The van der Waals surface area contributed by atoms with Crippen molar-refractivity contribution in [3.8, 4) is 0 Å². The molecule has 0 saturated heterocycles. The van der Waals surface area contributed by atoms with E-state index >= 15 is 0 Å². The molecule has 182 valence electrons. The van der Waals surface area contributed by atoms with Gasteiger partial charge >= 0.3 is 11.9 Å². The van der Waals surface area contributed by atoms with E-state index in [1.807, 2.05) is 44.2 Å². The molecule has 0 saturated carbocycles. The van der Waals surface area contributed by atoms with E-state index in [-0.39, 0.29) is 18.9 Å². The van der Waals surface area contributed by atoms with E-state index in [9.17, 15) is 24.0 Å². The number of nitrogens with one attached hydrogen (secondary N) is 3. The molecular weight excluding hydrogens is 432 g/mol. The van der Waals surface area contributed by atoms with E-state index in [4.69, 9.17) is 15.9 Å². The minimum atomic E-state index is -1.70. The number of carboxylic acids is 2. The molecule has 1 rings (SSSR count). The number of rotatable bonds is 14. The third kappa shape index (κ3) is 11.1. The Bertz CT molecular complexity index is 829. The summed E-state index contributed by atoms with van der Waals surface area (Å²) < 4.78 is 0. The summed E-state index contributed by atoms with van der Waals surface area (Å²) in [6.45, 7) is 3.45. The number of nitrogens with two attached hydrogens (primary N) is 1. The van der Waals surface area contributed by atoms with E-state index in [1.165, 1.54) is 0 Å². The Morgan fingerprint density at radius 1 is 0.939 bits per heavy atom. The monoisotopic (exact) mass is 464 g/mol. The van der Waals surface area contributed by atoms with Crippen molar-refractivity contribution in [2.24, 2.45) is 11.7 Å². The number of carboxylic acid groups (broad SMARTS) is 2. The van der Waals surface area contributed by atoms with Gasteiger partial charge in [0.2, 0.25) is 17.7 Å². The molecule has 0 radical (unpaired) electrons. The van der Waals surface area contributed by atoms with Crippen molar-refractivity contribution in [2.45, 2.75) is 57.7 Å². The normalized spacial score (nSPS) is 13.5. The number of hydrogen-bond acceptors (Lipinski definition) is 6. The molecule has 33 heavy (non-hydrogen) atoms. The first kappa shape index (κ1) is 27.6. The Labute approximate surface area is 192 Å². The molecule has 0 aliphatic carbocycles. The van der Waals surface area contributed by atoms with Crippen LogP contribution in [0, 0.1) is 5.92 Å². The maximum atomic E-state index is 12.6.